The maximum Gasteiger partial charge on any atom is 0.472 e. The van der Waals surface area contributed by atoms with Gasteiger partial charge in [0.15, 0.2) is 0 Å². The molecule has 0 amide bonds. The zero-order valence-electron chi connectivity index (χ0n) is 40.7. The minimum Gasteiger partial charge on any atom is -0.457 e. The van der Waals surface area contributed by atoms with Crippen LogP contribution in [0, 0.1) is 0 Å². The molecule has 0 aromatic heterocycles. The number of aliphatic hydroxyl groups is 2. The van der Waals surface area contributed by atoms with E-state index in [-0.39, 0.29) is 19.6 Å². The Morgan fingerprint density at radius 1 is 0.500 bits per heavy atom. The summed E-state index contributed by atoms with van der Waals surface area (Å²) in [4.78, 5) is 22.7. The SMILES string of the molecule is CC/C=C\C/C=C\C/C=C\C/C=C\CCCCCCCCCCCOCC(COP(=O)(O)OCC(O)CO)OC(=O)CCCCCCCC/C=C\C/C=C\C/C=C\CCCCCCC. The van der Waals surface area contributed by atoms with Gasteiger partial charge in [-0.05, 0) is 89.9 Å². The minimum atomic E-state index is -4.54. The summed E-state index contributed by atoms with van der Waals surface area (Å²) < 4.78 is 33.5. The van der Waals surface area contributed by atoms with Crippen molar-refractivity contribution in [1.82, 2.24) is 0 Å². The van der Waals surface area contributed by atoms with Crippen molar-refractivity contribution in [3.05, 3.63) is 85.1 Å². The fourth-order valence-corrected chi connectivity index (χ4v) is 7.50. The van der Waals surface area contributed by atoms with Crippen LogP contribution in [-0.2, 0) is 27.9 Å². The third-order valence-corrected chi connectivity index (χ3v) is 11.5. The van der Waals surface area contributed by atoms with Crippen LogP contribution in [0.5, 0.6) is 0 Å². The maximum atomic E-state index is 12.7. The van der Waals surface area contributed by atoms with E-state index in [2.05, 4.69) is 98.9 Å². The summed E-state index contributed by atoms with van der Waals surface area (Å²) in [5.41, 5.74) is 0. The Kier molecular flexibility index (Phi) is 48.2. The average Bonchev–Trinajstić information content (AvgIpc) is 3.29. The molecule has 0 heterocycles. The Bertz CT molecular complexity index is 1270. The quantitative estimate of drug-likeness (QED) is 0.0236. The van der Waals surface area contributed by atoms with Gasteiger partial charge in [0.25, 0.3) is 0 Å². The summed E-state index contributed by atoms with van der Waals surface area (Å²) >= 11 is 0. The van der Waals surface area contributed by atoms with E-state index >= 15 is 0 Å². The molecule has 3 unspecified atom stereocenters. The highest BCUT2D eigenvalue weighted by Gasteiger charge is 2.26. The van der Waals surface area contributed by atoms with Gasteiger partial charge in [-0.1, -0.05) is 195 Å². The lowest BCUT2D eigenvalue weighted by atomic mass is 10.1. The fraction of sp³-hybridized carbons (Fsp3) is 0.722. The van der Waals surface area contributed by atoms with Gasteiger partial charge in [-0.25, -0.2) is 4.57 Å². The van der Waals surface area contributed by atoms with Gasteiger partial charge in [-0.3, -0.25) is 13.8 Å². The van der Waals surface area contributed by atoms with Crippen molar-refractivity contribution < 1.29 is 43.0 Å². The van der Waals surface area contributed by atoms with Crippen molar-refractivity contribution in [2.24, 2.45) is 0 Å². The Morgan fingerprint density at radius 3 is 1.34 bits per heavy atom. The molecular weight excluding hydrogens is 824 g/mol. The Morgan fingerprint density at radius 2 is 0.891 bits per heavy atom. The van der Waals surface area contributed by atoms with Gasteiger partial charge in [0, 0.05) is 13.0 Å². The van der Waals surface area contributed by atoms with Gasteiger partial charge >= 0.3 is 13.8 Å². The highest BCUT2D eigenvalue weighted by atomic mass is 31.2. The molecule has 0 spiro atoms. The standard InChI is InChI=1S/C54H95O9P/c1-3-5-7-9-11-13-15-17-19-21-23-25-27-29-31-33-35-37-39-41-43-45-47-60-50-53(51-62-64(58,59)61-49-52(56)48-55)63-54(57)46-44-42-40-38-36-34-32-30-28-26-24-22-20-18-16-14-12-10-8-6-4-2/h5,7,11,13,16-19,22-25,28,30,52-53,55-56H,3-4,6,8-10,12,14-15,20-21,26-27,29,31-51H2,1-2H3,(H,58,59)/b7-5-,13-11-,18-16-,19-17-,24-22-,25-23-,30-28-. The molecule has 3 N–H and O–H groups in total. The van der Waals surface area contributed by atoms with Crippen molar-refractivity contribution in [1.29, 1.82) is 0 Å². The number of rotatable bonds is 48. The zero-order chi connectivity index (χ0) is 46.7. The van der Waals surface area contributed by atoms with Crippen LogP contribution in [0.25, 0.3) is 0 Å². The molecule has 0 rings (SSSR count). The third kappa shape index (κ3) is 49.1. The Balaban J connectivity index is 4.14. The molecule has 0 aromatic carbocycles. The smallest absolute Gasteiger partial charge is 0.457 e. The summed E-state index contributed by atoms with van der Waals surface area (Å²) in [6.45, 7) is 3.36. The summed E-state index contributed by atoms with van der Waals surface area (Å²) in [7, 11) is -4.54. The van der Waals surface area contributed by atoms with E-state index < -0.39 is 39.2 Å². The van der Waals surface area contributed by atoms with Crippen LogP contribution in [0.3, 0.4) is 0 Å². The molecule has 0 fully saturated rings. The minimum absolute atomic E-state index is 0.0350. The Labute approximate surface area is 392 Å². The van der Waals surface area contributed by atoms with Crippen LogP contribution in [-0.4, -0.2) is 66.3 Å². The largest absolute Gasteiger partial charge is 0.472 e. The summed E-state index contributed by atoms with van der Waals surface area (Å²) in [5, 5.41) is 18.4. The summed E-state index contributed by atoms with van der Waals surface area (Å²) in [6, 6.07) is 0. The number of ether oxygens (including phenoxy) is 2. The molecule has 3 atom stereocenters. The van der Waals surface area contributed by atoms with Crippen molar-refractivity contribution >= 4 is 13.8 Å². The molecule has 64 heavy (non-hydrogen) atoms. The molecule has 0 aliphatic carbocycles. The van der Waals surface area contributed by atoms with E-state index in [1.807, 2.05) is 0 Å². The normalized spacial score (nSPS) is 14.5. The lowest BCUT2D eigenvalue weighted by Gasteiger charge is -2.20. The zero-order valence-corrected chi connectivity index (χ0v) is 41.6. The van der Waals surface area contributed by atoms with E-state index in [9.17, 15) is 19.4 Å². The number of carbonyl (C=O) groups excluding carboxylic acids is 1. The van der Waals surface area contributed by atoms with Crippen LogP contribution >= 0.6 is 7.82 Å². The van der Waals surface area contributed by atoms with Crippen molar-refractivity contribution in [2.45, 2.75) is 219 Å². The van der Waals surface area contributed by atoms with Crippen LogP contribution in [0.2, 0.25) is 0 Å². The average molecular weight is 919 g/mol. The van der Waals surface area contributed by atoms with Gasteiger partial charge < -0.3 is 24.6 Å². The molecule has 0 bridgehead atoms. The number of phosphoric acid groups is 1. The molecule has 370 valence electrons. The molecule has 0 saturated heterocycles. The predicted octanol–water partition coefficient (Wildman–Crippen LogP) is 15.0. The van der Waals surface area contributed by atoms with Crippen molar-refractivity contribution in [2.75, 3.05) is 33.0 Å². The van der Waals surface area contributed by atoms with E-state index in [0.717, 1.165) is 103 Å². The first kappa shape index (κ1) is 61.6. The lowest BCUT2D eigenvalue weighted by Crippen LogP contribution is -2.29. The molecule has 10 heteroatoms. The molecule has 0 saturated carbocycles. The van der Waals surface area contributed by atoms with Gasteiger partial charge in [-0.2, -0.15) is 0 Å². The van der Waals surface area contributed by atoms with Crippen molar-refractivity contribution in [3.8, 4) is 0 Å². The van der Waals surface area contributed by atoms with Crippen LogP contribution < -0.4 is 0 Å². The highest BCUT2D eigenvalue weighted by Crippen LogP contribution is 2.43. The lowest BCUT2D eigenvalue weighted by molar-refractivity contribution is -0.154. The first-order valence-electron chi connectivity index (χ1n) is 25.6. The molecule has 9 nitrogen and oxygen atoms in total. The molecule has 0 radical (unpaired) electrons. The predicted molar refractivity (Wildman–Crippen MR) is 269 cm³/mol. The van der Waals surface area contributed by atoms with Crippen LogP contribution in [0.4, 0.5) is 0 Å². The second-order valence-electron chi connectivity index (χ2n) is 16.8. The van der Waals surface area contributed by atoms with Crippen LogP contribution in [0.15, 0.2) is 85.1 Å². The molecule has 0 aliphatic rings. The third-order valence-electron chi connectivity index (χ3n) is 10.6. The number of hydrogen-bond donors (Lipinski definition) is 3. The number of aliphatic hydroxyl groups excluding tert-OH is 2. The second-order valence-corrected chi connectivity index (χ2v) is 18.3. The topological polar surface area (TPSA) is 132 Å². The summed E-state index contributed by atoms with van der Waals surface area (Å²) in [5.74, 6) is -0.399. The number of hydrogen-bond acceptors (Lipinski definition) is 8. The first-order chi connectivity index (χ1) is 31.3. The molecule has 0 aliphatic heterocycles. The fourth-order valence-electron chi connectivity index (χ4n) is 6.71. The Hall–Kier alpha value is -2.36. The first-order valence-corrected chi connectivity index (χ1v) is 27.1. The number of phosphoric ester groups is 1. The van der Waals surface area contributed by atoms with Gasteiger partial charge in [0.1, 0.15) is 12.2 Å². The van der Waals surface area contributed by atoms with E-state index in [0.29, 0.717) is 13.0 Å². The number of carbonyl (C=O) groups is 1. The number of esters is 1. The number of allylic oxidation sites excluding steroid dienone is 14. The van der Waals surface area contributed by atoms with E-state index in [1.54, 1.807) is 0 Å². The molecular formula is C54H95O9P. The highest BCUT2D eigenvalue weighted by molar-refractivity contribution is 7.47. The van der Waals surface area contributed by atoms with Gasteiger partial charge in [-0.15, -0.1) is 0 Å². The van der Waals surface area contributed by atoms with E-state index in [4.69, 9.17) is 23.6 Å². The maximum absolute atomic E-state index is 12.7. The van der Waals surface area contributed by atoms with E-state index in [1.165, 1.54) is 77.0 Å². The molecule has 0 aromatic rings. The van der Waals surface area contributed by atoms with Gasteiger partial charge in [0.2, 0.25) is 0 Å². The second kappa shape index (κ2) is 50.1. The monoisotopic (exact) mass is 919 g/mol. The number of unbranched alkanes of at least 4 members (excludes halogenated alkanes) is 20. The van der Waals surface area contributed by atoms with Crippen LogP contribution in [0.1, 0.15) is 206 Å². The van der Waals surface area contributed by atoms with Crippen molar-refractivity contribution in [3.63, 3.8) is 0 Å². The summed E-state index contributed by atoms with van der Waals surface area (Å²) in [6.07, 6.45) is 62.6. The van der Waals surface area contributed by atoms with Gasteiger partial charge in [0.05, 0.1) is 26.4 Å².